The number of methoxy groups -OCH3 is 1. The molecule has 1 aromatic rings. The molecule has 3 nitrogen and oxygen atoms in total. The third-order valence-electron chi connectivity index (χ3n) is 2.44. The highest BCUT2D eigenvalue weighted by Crippen LogP contribution is 2.15. The number of carbonyl (C=O) groups is 1. The summed E-state index contributed by atoms with van der Waals surface area (Å²) in [6, 6.07) is 7.32. The van der Waals surface area contributed by atoms with Gasteiger partial charge in [0.2, 0.25) is 5.91 Å². The highest BCUT2D eigenvalue weighted by molar-refractivity contribution is 5.90. The van der Waals surface area contributed by atoms with E-state index in [1.807, 2.05) is 30.3 Å². The van der Waals surface area contributed by atoms with Gasteiger partial charge in [-0.1, -0.05) is 6.08 Å². The molecule has 0 atom stereocenters. The van der Waals surface area contributed by atoms with Gasteiger partial charge in [-0.2, -0.15) is 0 Å². The molecule has 17 heavy (non-hydrogen) atoms. The van der Waals surface area contributed by atoms with Gasteiger partial charge in [0.15, 0.2) is 0 Å². The van der Waals surface area contributed by atoms with E-state index in [4.69, 9.17) is 4.74 Å². The summed E-state index contributed by atoms with van der Waals surface area (Å²) in [6.45, 7) is 3.65. The molecule has 0 bridgehead atoms. The van der Waals surface area contributed by atoms with Crippen molar-refractivity contribution in [1.29, 1.82) is 0 Å². The second-order valence-corrected chi connectivity index (χ2v) is 3.81. The van der Waals surface area contributed by atoms with E-state index >= 15 is 0 Å². The molecular weight excluding hydrogens is 214 g/mol. The molecule has 0 saturated heterocycles. The Morgan fingerprint density at radius 3 is 2.65 bits per heavy atom. The number of hydrogen-bond acceptors (Lipinski definition) is 2. The van der Waals surface area contributed by atoms with Crippen molar-refractivity contribution in [3.63, 3.8) is 0 Å². The van der Waals surface area contributed by atoms with Crippen LogP contribution in [0.3, 0.4) is 0 Å². The molecule has 0 aromatic heterocycles. The van der Waals surface area contributed by atoms with Gasteiger partial charge in [0.1, 0.15) is 5.75 Å². The summed E-state index contributed by atoms with van der Waals surface area (Å²) in [4.78, 5) is 11.6. The molecule has 0 aliphatic heterocycles. The van der Waals surface area contributed by atoms with Crippen LogP contribution in [0.25, 0.3) is 0 Å². The third kappa shape index (κ3) is 5.20. The van der Waals surface area contributed by atoms with Crippen molar-refractivity contribution < 1.29 is 9.53 Å². The van der Waals surface area contributed by atoms with Crippen molar-refractivity contribution >= 4 is 11.6 Å². The number of carbonyl (C=O) groups excluding carboxylic acids is 1. The molecule has 1 rings (SSSR count). The number of allylic oxidation sites excluding steroid dienone is 1. The fraction of sp³-hybridized carbons (Fsp3) is 0.357. The minimum absolute atomic E-state index is 0.0548. The Labute approximate surface area is 102 Å². The van der Waals surface area contributed by atoms with Gasteiger partial charge in [-0.05, 0) is 43.5 Å². The van der Waals surface area contributed by atoms with Crippen molar-refractivity contribution in [1.82, 2.24) is 0 Å². The summed E-state index contributed by atoms with van der Waals surface area (Å²) < 4.78 is 5.04. The van der Waals surface area contributed by atoms with Crippen LogP contribution < -0.4 is 10.1 Å². The van der Waals surface area contributed by atoms with Gasteiger partial charge >= 0.3 is 0 Å². The predicted octanol–water partition coefficient (Wildman–Crippen LogP) is 3.38. The molecule has 0 radical (unpaired) electrons. The van der Waals surface area contributed by atoms with Crippen LogP contribution in [0.2, 0.25) is 0 Å². The van der Waals surface area contributed by atoms with Crippen LogP contribution in [0.4, 0.5) is 5.69 Å². The van der Waals surface area contributed by atoms with E-state index in [2.05, 4.69) is 11.9 Å². The molecule has 1 N–H and O–H groups in total. The van der Waals surface area contributed by atoms with E-state index in [1.54, 1.807) is 7.11 Å². The molecule has 0 aliphatic rings. The van der Waals surface area contributed by atoms with Crippen molar-refractivity contribution in [2.24, 2.45) is 0 Å². The number of unbranched alkanes of at least 4 members (excludes halogenated alkanes) is 2. The van der Waals surface area contributed by atoms with Crippen LogP contribution in [0.15, 0.2) is 36.9 Å². The lowest BCUT2D eigenvalue weighted by Gasteiger charge is -2.05. The molecule has 0 fully saturated rings. The largest absolute Gasteiger partial charge is 0.497 e. The van der Waals surface area contributed by atoms with E-state index in [0.717, 1.165) is 30.7 Å². The maximum Gasteiger partial charge on any atom is 0.224 e. The summed E-state index contributed by atoms with van der Waals surface area (Å²) in [5.74, 6) is 0.841. The van der Waals surface area contributed by atoms with Crippen LogP contribution in [0, 0.1) is 0 Å². The molecule has 0 unspecified atom stereocenters. The predicted molar refractivity (Wildman–Crippen MR) is 70.3 cm³/mol. The van der Waals surface area contributed by atoms with Crippen molar-refractivity contribution in [3.05, 3.63) is 36.9 Å². The van der Waals surface area contributed by atoms with Crippen LogP contribution in [-0.4, -0.2) is 13.0 Å². The van der Waals surface area contributed by atoms with E-state index in [1.165, 1.54) is 0 Å². The molecule has 1 amide bonds. The number of benzene rings is 1. The minimum Gasteiger partial charge on any atom is -0.497 e. The Balaban J connectivity index is 2.31. The maximum absolute atomic E-state index is 11.6. The van der Waals surface area contributed by atoms with Crippen molar-refractivity contribution in [3.8, 4) is 5.75 Å². The van der Waals surface area contributed by atoms with Gasteiger partial charge < -0.3 is 10.1 Å². The van der Waals surface area contributed by atoms with Gasteiger partial charge in [-0.3, -0.25) is 4.79 Å². The normalized spacial score (nSPS) is 9.71. The van der Waals surface area contributed by atoms with Crippen LogP contribution >= 0.6 is 0 Å². The number of amides is 1. The lowest BCUT2D eigenvalue weighted by atomic mass is 10.2. The highest BCUT2D eigenvalue weighted by Gasteiger charge is 2.01. The molecule has 0 aliphatic carbocycles. The first-order valence-electron chi connectivity index (χ1n) is 5.81. The van der Waals surface area contributed by atoms with Gasteiger partial charge in [0.25, 0.3) is 0 Å². The molecule has 92 valence electrons. The van der Waals surface area contributed by atoms with Crippen LogP contribution in [0.1, 0.15) is 25.7 Å². The molecule has 0 heterocycles. The first-order valence-corrected chi connectivity index (χ1v) is 5.81. The number of hydrogen-bond donors (Lipinski definition) is 1. The Kier molecular flexibility index (Phi) is 5.86. The van der Waals surface area contributed by atoms with Crippen molar-refractivity contribution in [2.45, 2.75) is 25.7 Å². The SMILES string of the molecule is C=CCCCCC(=O)Nc1ccc(OC)cc1. The molecule has 0 spiro atoms. The zero-order chi connectivity index (χ0) is 12.5. The fourth-order valence-electron chi connectivity index (χ4n) is 1.47. The Bertz CT molecular complexity index is 357. The lowest BCUT2D eigenvalue weighted by Crippen LogP contribution is -2.10. The van der Waals surface area contributed by atoms with Crippen LogP contribution in [-0.2, 0) is 4.79 Å². The van der Waals surface area contributed by atoms with E-state index in [0.29, 0.717) is 6.42 Å². The maximum atomic E-state index is 11.6. The first-order chi connectivity index (χ1) is 8.26. The topological polar surface area (TPSA) is 38.3 Å². The molecule has 0 saturated carbocycles. The van der Waals surface area contributed by atoms with Gasteiger partial charge in [0, 0.05) is 12.1 Å². The smallest absolute Gasteiger partial charge is 0.224 e. The Morgan fingerprint density at radius 2 is 2.06 bits per heavy atom. The Morgan fingerprint density at radius 1 is 1.35 bits per heavy atom. The quantitative estimate of drug-likeness (QED) is 0.579. The number of nitrogens with one attached hydrogen (secondary N) is 1. The third-order valence-corrected chi connectivity index (χ3v) is 2.44. The van der Waals surface area contributed by atoms with Gasteiger partial charge in [-0.25, -0.2) is 0 Å². The molecule has 3 heteroatoms. The number of anilines is 1. The minimum atomic E-state index is 0.0548. The summed E-state index contributed by atoms with van der Waals surface area (Å²) in [5.41, 5.74) is 0.805. The summed E-state index contributed by atoms with van der Waals surface area (Å²) in [6.07, 6.45) is 5.31. The summed E-state index contributed by atoms with van der Waals surface area (Å²) >= 11 is 0. The highest BCUT2D eigenvalue weighted by atomic mass is 16.5. The first kappa shape index (κ1) is 13.3. The lowest BCUT2D eigenvalue weighted by molar-refractivity contribution is -0.116. The Hall–Kier alpha value is -1.77. The van der Waals surface area contributed by atoms with Crippen molar-refractivity contribution in [2.75, 3.05) is 12.4 Å². The van der Waals surface area contributed by atoms with Gasteiger partial charge in [0.05, 0.1) is 7.11 Å². The number of ether oxygens (including phenoxy) is 1. The van der Waals surface area contributed by atoms with Gasteiger partial charge in [-0.15, -0.1) is 6.58 Å². The van der Waals surface area contributed by atoms with E-state index in [9.17, 15) is 4.79 Å². The molecule has 1 aromatic carbocycles. The standard InChI is InChI=1S/C14H19NO2/c1-3-4-5-6-7-14(16)15-12-8-10-13(17-2)11-9-12/h3,8-11H,1,4-7H2,2H3,(H,15,16). The monoisotopic (exact) mass is 233 g/mol. The second kappa shape index (κ2) is 7.49. The van der Waals surface area contributed by atoms with Crippen LogP contribution in [0.5, 0.6) is 5.75 Å². The zero-order valence-corrected chi connectivity index (χ0v) is 10.2. The summed E-state index contributed by atoms with van der Waals surface area (Å²) in [5, 5.41) is 2.85. The average Bonchev–Trinajstić information content (AvgIpc) is 2.36. The fourth-order valence-corrected chi connectivity index (χ4v) is 1.47. The number of rotatable bonds is 7. The van der Waals surface area contributed by atoms with E-state index in [-0.39, 0.29) is 5.91 Å². The zero-order valence-electron chi connectivity index (χ0n) is 10.2. The average molecular weight is 233 g/mol. The second-order valence-electron chi connectivity index (χ2n) is 3.81. The van der Waals surface area contributed by atoms with E-state index < -0.39 is 0 Å². The summed E-state index contributed by atoms with van der Waals surface area (Å²) in [7, 11) is 1.62. The molecular formula is C14H19NO2.